The Hall–Kier alpha value is -2.58. The summed E-state index contributed by atoms with van der Waals surface area (Å²) in [6.45, 7) is 1.66. The molecule has 23 heavy (non-hydrogen) atoms. The van der Waals surface area contributed by atoms with E-state index in [2.05, 4.69) is 9.97 Å². The predicted octanol–water partition coefficient (Wildman–Crippen LogP) is -1.45. The fraction of sp³-hybridized carbons (Fsp3) is 0.571. The largest absolute Gasteiger partial charge is 0.550 e. The molecule has 0 radical (unpaired) electrons. The van der Waals surface area contributed by atoms with Crippen molar-refractivity contribution in [3.05, 3.63) is 20.8 Å². The number of piperidine rings is 1. The number of rotatable bonds is 4. The van der Waals surface area contributed by atoms with Crippen LogP contribution in [0.5, 0.6) is 0 Å². The number of hydrogen-bond acceptors (Lipinski definition) is 6. The number of aryl methyl sites for hydroxylation is 2. The summed E-state index contributed by atoms with van der Waals surface area (Å²) < 4.78 is 2.84. The average Bonchev–Trinajstić information content (AvgIpc) is 2.91. The van der Waals surface area contributed by atoms with Gasteiger partial charge in [0.1, 0.15) is 0 Å². The number of carbonyl (C=O) groups is 1. The number of anilines is 1. The first-order valence-electron chi connectivity index (χ1n) is 7.63. The third kappa shape index (κ3) is 2.73. The van der Waals surface area contributed by atoms with E-state index in [0.717, 1.165) is 32.4 Å². The molecule has 9 heteroatoms. The van der Waals surface area contributed by atoms with Gasteiger partial charge in [-0.15, -0.1) is 0 Å². The van der Waals surface area contributed by atoms with Gasteiger partial charge in [0.05, 0.1) is 0 Å². The molecule has 0 atom stereocenters. The van der Waals surface area contributed by atoms with Gasteiger partial charge < -0.3 is 19.4 Å². The van der Waals surface area contributed by atoms with Gasteiger partial charge in [0, 0.05) is 39.1 Å². The maximum atomic E-state index is 12.2. The van der Waals surface area contributed by atoms with Crippen LogP contribution in [-0.2, 0) is 18.4 Å². The SMILES string of the molecule is Cn1c(=O)[nH]c(=O)c2c1nc(N1CCCCC1)n2CCC(=O)[O-]. The van der Waals surface area contributed by atoms with Crippen molar-refractivity contribution in [2.24, 2.45) is 7.05 Å². The number of fused-ring (bicyclic) bond motifs is 1. The van der Waals surface area contributed by atoms with E-state index in [0.29, 0.717) is 5.95 Å². The van der Waals surface area contributed by atoms with Crippen LogP contribution in [0, 0.1) is 0 Å². The van der Waals surface area contributed by atoms with Crippen LogP contribution in [0.3, 0.4) is 0 Å². The van der Waals surface area contributed by atoms with Gasteiger partial charge in [-0.2, -0.15) is 4.98 Å². The van der Waals surface area contributed by atoms with Gasteiger partial charge in [-0.1, -0.05) is 0 Å². The number of nitrogens with zero attached hydrogens (tertiary/aromatic N) is 4. The Morgan fingerprint density at radius 2 is 1.96 bits per heavy atom. The number of nitrogens with one attached hydrogen (secondary N) is 1. The quantitative estimate of drug-likeness (QED) is 0.737. The molecular formula is C14H18N5O4-. The van der Waals surface area contributed by atoms with Crippen molar-refractivity contribution in [3.8, 4) is 0 Å². The fourth-order valence-electron chi connectivity index (χ4n) is 2.97. The highest BCUT2D eigenvalue weighted by Gasteiger charge is 2.22. The highest BCUT2D eigenvalue weighted by Crippen LogP contribution is 2.23. The summed E-state index contributed by atoms with van der Waals surface area (Å²) in [6.07, 6.45) is 2.93. The fourth-order valence-corrected chi connectivity index (χ4v) is 2.97. The van der Waals surface area contributed by atoms with Crippen LogP contribution >= 0.6 is 0 Å². The first kappa shape index (κ1) is 15.3. The van der Waals surface area contributed by atoms with Crippen LogP contribution in [0.15, 0.2) is 9.59 Å². The van der Waals surface area contributed by atoms with Crippen molar-refractivity contribution in [2.45, 2.75) is 32.2 Å². The first-order chi connectivity index (χ1) is 11.0. The summed E-state index contributed by atoms with van der Waals surface area (Å²) in [4.78, 5) is 43.5. The standard InChI is InChI=1S/C14H19N5O4/c1-17-11-10(12(22)16-14(17)23)19(8-5-9(20)21)13(15-11)18-6-3-2-4-7-18/h2-8H2,1H3,(H,20,21)(H,16,22,23)/p-1. The Kier molecular flexibility index (Phi) is 3.93. The van der Waals surface area contributed by atoms with Crippen molar-refractivity contribution in [2.75, 3.05) is 18.0 Å². The monoisotopic (exact) mass is 320 g/mol. The lowest BCUT2D eigenvalue weighted by Gasteiger charge is -2.28. The Bertz CT molecular complexity index is 856. The lowest BCUT2D eigenvalue weighted by Crippen LogP contribution is -2.33. The van der Waals surface area contributed by atoms with E-state index in [9.17, 15) is 19.5 Å². The van der Waals surface area contributed by atoms with E-state index in [1.54, 1.807) is 4.57 Å². The van der Waals surface area contributed by atoms with Gasteiger partial charge in [0.2, 0.25) is 5.95 Å². The molecule has 0 saturated carbocycles. The molecule has 0 aromatic carbocycles. The molecule has 0 spiro atoms. The van der Waals surface area contributed by atoms with Crippen LogP contribution in [0.2, 0.25) is 0 Å². The first-order valence-corrected chi connectivity index (χ1v) is 7.63. The van der Waals surface area contributed by atoms with Gasteiger partial charge in [-0.3, -0.25) is 14.3 Å². The maximum Gasteiger partial charge on any atom is 0.329 e. The number of aromatic nitrogens is 4. The minimum Gasteiger partial charge on any atom is -0.550 e. The second kappa shape index (κ2) is 5.90. The number of carboxylic acids is 1. The number of imidazole rings is 1. The van der Waals surface area contributed by atoms with Crippen molar-refractivity contribution in [1.29, 1.82) is 0 Å². The summed E-state index contributed by atoms with van der Waals surface area (Å²) in [6, 6.07) is 0. The van der Waals surface area contributed by atoms with E-state index >= 15 is 0 Å². The van der Waals surface area contributed by atoms with Crippen LogP contribution < -0.4 is 21.3 Å². The van der Waals surface area contributed by atoms with E-state index in [1.807, 2.05) is 4.90 Å². The third-order valence-corrected chi connectivity index (χ3v) is 4.17. The second-order valence-corrected chi connectivity index (χ2v) is 5.72. The number of hydrogen-bond donors (Lipinski definition) is 1. The molecule has 1 fully saturated rings. The lowest BCUT2D eigenvalue weighted by atomic mass is 10.1. The van der Waals surface area contributed by atoms with E-state index in [1.165, 1.54) is 11.6 Å². The maximum absolute atomic E-state index is 12.2. The highest BCUT2D eigenvalue weighted by molar-refractivity contribution is 5.75. The number of carbonyl (C=O) groups excluding carboxylic acids is 1. The minimum atomic E-state index is -1.20. The molecule has 1 aliphatic rings. The zero-order valence-corrected chi connectivity index (χ0v) is 12.9. The summed E-state index contributed by atoms with van der Waals surface area (Å²) in [5.41, 5.74) is -0.624. The molecular weight excluding hydrogens is 302 g/mol. The van der Waals surface area contributed by atoms with Crippen molar-refractivity contribution >= 4 is 23.1 Å². The molecule has 2 aromatic rings. The molecule has 1 aliphatic heterocycles. The molecule has 0 bridgehead atoms. The van der Waals surface area contributed by atoms with Gasteiger partial charge in [0.15, 0.2) is 11.2 Å². The van der Waals surface area contributed by atoms with Crippen molar-refractivity contribution in [1.82, 2.24) is 19.1 Å². The smallest absolute Gasteiger partial charge is 0.329 e. The zero-order chi connectivity index (χ0) is 16.6. The molecule has 0 amide bonds. The van der Waals surface area contributed by atoms with Crippen LogP contribution in [0.4, 0.5) is 5.95 Å². The molecule has 9 nitrogen and oxygen atoms in total. The van der Waals surface area contributed by atoms with Gasteiger partial charge in [-0.05, 0) is 19.3 Å². The Labute approximate surface area is 131 Å². The van der Waals surface area contributed by atoms with Gasteiger partial charge >= 0.3 is 5.69 Å². The number of aromatic amines is 1. The number of H-pyrrole nitrogens is 1. The molecule has 124 valence electrons. The Balaban J connectivity index is 2.20. The summed E-state index contributed by atoms with van der Waals surface area (Å²) in [5.74, 6) is -0.662. The van der Waals surface area contributed by atoms with E-state index in [-0.39, 0.29) is 24.1 Å². The topological polar surface area (TPSA) is 116 Å². The minimum absolute atomic E-state index is 0.0753. The molecule has 0 aliphatic carbocycles. The summed E-state index contributed by atoms with van der Waals surface area (Å²) in [7, 11) is 1.52. The predicted molar refractivity (Wildman–Crippen MR) is 81.3 cm³/mol. The summed E-state index contributed by atoms with van der Waals surface area (Å²) in [5, 5.41) is 10.8. The van der Waals surface area contributed by atoms with Crippen LogP contribution in [0.1, 0.15) is 25.7 Å². The zero-order valence-electron chi connectivity index (χ0n) is 12.9. The van der Waals surface area contributed by atoms with Gasteiger partial charge in [-0.25, -0.2) is 4.79 Å². The summed E-state index contributed by atoms with van der Waals surface area (Å²) >= 11 is 0. The normalized spacial score (nSPS) is 15.3. The van der Waals surface area contributed by atoms with Gasteiger partial charge in [0.25, 0.3) is 5.56 Å². The van der Waals surface area contributed by atoms with Crippen LogP contribution in [-0.4, -0.2) is 38.2 Å². The molecule has 1 N–H and O–H groups in total. The Morgan fingerprint density at radius 1 is 1.26 bits per heavy atom. The van der Waals surface area contributed by atoms with Crippen molar-refractivity contribution in [3.63, 3.8) is 0 Å². The van der Waals surface area contributed by atoms with E-state index in [4.69, 9.17) is 0 Å². The third-order valence-electron chi connectivity index (χ3n) is 4.17. The van der Waals surface area contributed by atoms with E-state index < -0.39 is 17.2 Å². The molecule has 1 saturated heterocycles. The Morgan fingerprint density at radius 3 is 2.61 bits per heavy atom. The number of aliphatic carboxylic acids is 1. The average molecular weight is 320 g/mol. The highest BCUT2D eigenvalue weighted by atomic mass is 16.4. The molecule has 3 heterocycles. The van der Waals surface area contributed by atoms with Crippen molar-refractivity contribution < 1.29 is 9.90 Å². The van der Waals surface area contributed by atoms with Crippen LogP contribution in [0.25, 0.3) is 11.2 Å². The number of carboxylic acid groups (broad SMARTS) is 1. The molecule has 2 aromatic heterocycles. The lowest BCUT2D eigenvalue weighted by molar-refractivity contribution is -0.305. The second-order valence-electron chi connectivity index (χ2n) is 5.72. The molecule has 3 rings (SSSR count). The molecule has 0 unspecified atom stereocenters.